The van der Waals surface area contributed by atoms with E-state index in [0.717, 1.165) is 12.1 Å². The Kier molecular flexibility index (Phi) is 6.60. The van der Waals surface area contributed by atoms with E-state index in [2.05, 4.69) is 89.9 Å². The predicted octanol–water partition coefficient (Wildman–Crippen LogP) is 7.29. The summed E-state index contributed by atoms with van der Waals surface area (Å²) in [6, 6.07) is 11.4. The smallest absolute Gasteiger partial charge is 0.0705 e. The Morgan fingerprint density at radius 2 is 1.65 bits per heavy atom. The molecular weight excluding hydrogens is 334 g/mol. The maximum atomic E-state index is 4.88. The standard InChI is InChI=1S/C24H37NS/c1-9-18(10-2)19-12-11-13-20(14-19)22-15-21(16-24(3,4)5)23(17-25-22)26(6,7)8/h11-15,17-18H,9-10,16H2,1-8H3. The quantitative estimate of drug-likeness (QED) is 0.519. The zero-order valence-corrected chi connectivity index (χ0v) is 18.8. The average molecular weight is 372 g/mol. The molecule has 0 bridgehead atoms. The molecule has 1 heterocycles. The SMILES string of the molecule is CCC(CC)c1cccc(-c2cc(CC(C)(C)C)c(S(C)(C)C)cn2)c1. The third-order valence-electron chi connectivity index (χ3n) is 4.97. The van der Waals surface area contributed by atoms with Crippen LogP contribution < -0.4 is 0 Å². The lowest BCUT2D eigenvalue weighted by molar-refractivity contribution is 0.408. The highest BCUT2D eigenvalue weighted by molar-refractivity contribution is 8.32. The van der Waals surface area contributed by atoms with Crippen molar-refractivity contribution in [3.8, 4) is 11.3 Å². The molecule has 0 fully saturated rings. The molecule has 1 aromatic carbocycles. The minimum atomic E-state index is -0.797. The number of nitrogens with zero attached hydrogens (tertiary/aromatic N) is 1. The Hall–Kier alpha value is -1.28. The van der Waals surface area contributed by atoms with E-state index in [9.17, 15) is 0 Å². The molecule has 0 N–H and O–H groups in total. The van der Waals surface area contributed by atoms with Crippen molar-refractivity contribution >= 4 is 10.0 Å². The topological polar surface area (TPSA) is 12.9 Å². The van der Waals surface area contributed by atoms with Crippen molar-refractivity contribution in [1.29, 1.82) is 0 Å². The van der Waals surface area contributed by atoms with Crippen LogP contribution in [0.1, 0.15) is 64.5 Å². The second-order valence-electron chi connectivity index (χ2n) is 9.39. The van der Waals surface area contributed by atoms with Crippen LogP contribution in [0.25, 0.3) is 11.3 Å². The number of rotatable bonds is 6. The maximum Gasteiger partial charge on any atom is 0.0705 e. The summed E-state index contributed by atoms with van der Waals surface area (Å²) in [6.45, 7) is 11.5. The van der Waals surface area contributed by atoms with Crippen molar-refractivity contribution in [3.63, 3.8) is 0 Å². The van der Waals surface area contributed by atoms with Crippen LogP contribution in [0.5, 0.6) is 0 Å². The van der Waals surface area contributed by atoms with E-state index >= 15 is 0 Å². The van der Waals surface area contributed by atoms with E-state index < -0.39 is 10.0 Å². The Labute approximate surface area is 163 Å². The van der Waals surface area contributed by atoms with Crippen LogP contribution in [-0.2, 0) is 6.42 Å². The second kappa shape index (κ2) is 8.17. The number of aromatic nitrogens is 1. The van der Waals surface area contributed by atoms with Gasteiger partial charge in [0.2, 0.25) is 0 Å². The Balaban J connectivity index is 2.51. The molecule has 26 heavy (non-hydrogen) atoms. The highest BCUT2D eigenvalue weighted by Crippen LogP contribution is 2.48. The first-order valence-electron chi connectivity index (χ1n) is 9.82. The Bertz CT molecular complexity index is 731. The van der Waals surface area contributed by atoms with Crippen LogP contribution >= 0.6 is 10.0 Å². The van der Waals surface area contributed by atoms with Crippen molar-refractivity contribution < 1.29 is 0 Å². The third kappa shape index (κ3) is 5.36. The van der Waals surface area contributed by atoms with E-state index in [-0.39, 0.29) is 5.41 Å². The van der Waals surface area contributed by atoms with Gasteiger partial charge in [0.25, 0.3) is 0 Å². The Morgan fingerprint density at radius 3 is 2.19 bits per heavy atom. The lowest BCUT2D eigenvalue weighted by Gasteiger charge is -2.31. The molecule has 2 heteroatoms. The van der Waals surface area contributed by atoms with E-state index in [1.807, 2.05) is 0 Å². The summed E-state index contributed by atoms with van der Waals surface area (Å²) in [4.78, 5) is 6.33. The minimum absolute atomic E-state index is 0.273. The average Bonchev–Trinajstić information content (AvgIpc) is 2.53. The summed E-state index contributed by atoms with van der Waals surface area (Å²) >= 11 is 0. The molecule has 0 saturated carbocycles. The first kappa shape index (κ1) is 21.0. The van der Waals surface area contributed by atoms with Gasteiger partial charge in [-0.15, -0.1) is 0 Å². The summed E-state index contributed by atoms with van der Waals surface area (Å²) in [6.07, 6.45) is 12.7. The third-order valence-corrected chi connectivity index (χ3v) is 6.66. The van der Waals surface area contributed by atoms with Gasteiger partial charge in [0, 0.05) is 16.7 Å². The van der Waals surface area contributed by atoms with Crippen LogP contribution in [0.4, 0.5) is 0 Å². The molecule has 1 aromatic heterocycles. The monoisotopic (exact) mass is 371 g/mol. The van der Waals surface area contributed by atoms with Crippen LogP contribution in [0.15, 0.2) is 41.4 Å². The molecule has 0 radical (unpaired) electrons. The first-order chi connectivity index (χ1) is 12.0. The van der Waals surface area contributed by atoms with Gasteiger partial charge in [-0.05, 0) is 72.6 Å². The fourth-order valence-corrected chi connectivity index (χ4v) is 4.90. The van der Waals surface area contributed by atoms with Crippen LogP contribution in [0.2, 0.25) is 0 Å². The molecule has 0 aliphatic heterocycles. The van der Waals surface area contributed by atoms with Crippen molar-refractivity contribution in [1.82, 2.24) is 4.98 Å². The van der Waals surface area contributed by atoms with E-state index in [0.29, 0.717) is 5.92 Å². The Morgan fingerprint density at radius 1 is 1.00 bits per heavy atom. The highest BCUT2D eigenvalue weighted by Gasteiger charge is 2.20. The molecule has 2 rings (SSSR count). The largest absolute Gasteiger partial charge is 0.255 e. The molecule has 0 amide bonds. The summed E-state index contributed by atoms with van der Waals surface area (Å²) < 4.78 is 0. The zero-order chi connectivity index (χ0) is 19.5. The minimum Gasteiger partial charge on any atom is -0.255 e. The van der Waals surface area contributed by atoms with Crippen molar-refractivity contribution in [2.75, 3.05) is 18.8 Å². The van der Waals surface area contributed by atoms with Gasteiger partial charge in [-0.2, -0.15) is 0 Å². The molecule has 144 valence electrons. The molecule has 0 aliphatic rings. The molecular formula is C24H37NS. The van der Waals surface area contributed by atoms with Crippen LogP contribution in [0, 0.1) is 5.41 Å². The van der Waals surface area contributed by atoms with E-state index in [1.165, 1.54) is 34.4 Å². The molecule has 0 aliphatic carbocycles. The molecule has 1 nitrogen and oxygen atoms in total. The maximum absolute atomic E-state index is 4.88. The summed E-state index contributed by atoms with van der Waals surface area (Å²) in [5, 5.41) is 0. The van der Waals surface area contributed by atoms with Gasteiger partial charge < -0.3 is 0 Å². The fourth-order valence-electron chi connectivity index (χ4n) is 3.62. The number of hydrogen-bond donors (Lipinski definition) is 0. The van der Waals surface area contributed by atoms with Gasteiger partial charge >= 0.3 is 0 Å². The van der Waals surface area contributed by atoms with Gasteiger partial charge in [0.15, 0.2) is 0 Å². The fraction of sp³-hybridized carbons (Fsp3) is 0.542. The molecule has 0 unspecified atom stereocenters. The zero-order valence-electron chi connectivity index (χ0n) is 18.0. The van der Waals surface area contributed by atoms with Gasteiger partial charge in [-0.3, -0.25) is 4.98 Å². The lowest BCUT2D eigenvalue weighted by Crippen LogP contribution is -2.12. The molecule has 0 saturated heterocycles. The van der Waals surface area contributed by atoms with Gasteiger partial charge in [-0.25, -0.2) is 10.0 Å². The summed E-state index contributed by atoms with van der Waals surface area (Å²) in [5.41, 5.74) is 5.55. The van der Waals surface area contributed by atoms with E-state index in [1.54, 1.807) is 0 Å². The van der Waals surface area contributed by atoms with Crippen LogP contribution in [-0.4, -0.2) is 23.8 Å². The summed E-state index contributed by atoms with van der Waals surface area (Å²) in [7, 11) is -0.797. The van der Waals surface area contributed by atoms with Gasteiger partial charge in [0.1, 0.15) is 0 Å². The normalized spacial score (nSPS) is 13.3. The molecule has 0 atom stereocenters. The number of hydrogen-bond acceptors (Lipinski definition) is 1. The van der Waals surface area contributed by atoms with Crippen molar-refractivity contribution in [2.24, 2.45) is 5.41 Å². The summed E-state index contributed by atoms with van der Waals surface area (Å²) in [5.74, 6) is 0.641. The second-order valence-corrected chi connectivity index (χ2v) is 13.5. The first-order valence-corrected chi connectivity index (χ1v) is 12.7. The molecule has 0 spiro atoms. The van der Waals surface area contributed by atoms with Crippen molar-refractivity contribution in [2.45, 2.75) is 64.7 Å². The number of pyridine rings is 1. The van der Waals surface area contributed by atoms with Gasteiger partial charge in [-0.1, -0.05) is 52.8 Å². The van der Waals surface area contributed by atoms with E-state index in [4.69, 9.17) is 4.98 Å². The van der Waals surface area contributed by atoms with Gasteiger partial charge in [0.05, 0.1) is 5.69 Å². The number of benzene rings is 1. The highest BCUT2D eigenvalue weighted by atomic mass is 32.3. The lowest BCUT2D eigenvalue weighted by atomic mass is 9.87. The predicted molar refractivity (Wildman–Crippen MR) is 120 cm³/mol. The molecule has 2 aromatic rings. The van der Waals surface area contributed by atoms with Crippen LogP contribution in [0.3, 0.4) is 0 Å². The van der Waals surface area contributed by atoms with Crippen molar-refractivity contribution in [3.05, 3.63) is 47.7 Å².